The van der Waals surface area contributed by atoms with Crippen molar-refractivity contribution in [3.05, 3.63) is 0 Å². The third-order valence-electron chi connectivity index (χ3n) is 1.43. The van der Waals surface area contributed by atoms with E-state index in [9.17, 15) is 9.59 Å². The SMILES string of the molecule is CCNC(CCC(N)=O)C(=O)O. The summed E-state index contributed by atoms with van der Waals surface area (Å²) in [5.41, 5.74) is 4.88. The molecule has 0 fully saturated rings. The Morgan fingerprint density at radius 1 is 1.58 bits per heavy atom. The first-order chi connectivity index (χ1) is 5.57. The van der Waals surface area contributed by atoms with Crippen molar-refractivity contribution in [2.75, 3.05) is 6.54 Å². The van der Waals surface area contributed by atoms with E-state index in [0.717, 1.165) is 0 Å². The summed E-state index contributed by atoms with van der Waals surface area (Å²) in [7, 11) is 0. The highest BCUT2D eigenvalue weighted by Crippen LogP contribution is 1.96. The topological polar surface area (TPSA) is 92.4 Å². The standard InChI is InChI=1S/C7H14N2O3/c1-2-9-5(7(11)12)3-4-6(8)10/h5,9H,2-4H2,1H3,(H2,8,10)(H,11,12). The molecule has 0 aliphatic heterocycles. The molecule has 70 valence electrons. The van der Waals surface area contributed by atoms with Gasteiger partial charge in [-0.1, -0.05) is 6.92 Å². The molecule has 0 aromatic heterocycles. The van der Waals surface area contributed by atoms with E-state index in [1.165, 1.54) is 0 Å². The van der Waals surface area contributed by atoms with Crippen LogP contribution in [0.25, 0.3) is 0 Å². The minimum Gasteiger partial charge on any atom is -0.480 e. The summed E-state index contributed by atoms with van der Waals surface area (Å²) in [6.07, 6.45) is 0.350. The molecule has 0 saturated carbocycles. The van der Waals surface area contributed by atoms with Gasteiger partial charge in [-0.3, -0.25) is 9.59 Å². The average molecular weight is 174 g/mol. The molecule has 0 spiro atoms. The van der Waals surface area contributed by atoms with Crippen LogP contribution in [0.5, 0.6) is 0 Å². The van der Waals surface area contributed by atoms with Crippen LogP contribution in [-0.2, 0) is 9.59 Å². The zero-order chi connectivity index (χ0) is 9.56. The van der Waals surface area contributed by atoms with Crippen LogP contribution in [0.4, 0.5) is 0 Å². The van der Waals surface area contributed by atoms with Crippen molar-refractivity contribution >= 4 is 11.9 Å². The number of carboxylic acid groups (broad SMARTS) is 1. The summed E-state index contributed by atoms with van der Waals surface area (Å²) in [5, 5.41) is 11.3. The smallest absolute Gasteiger partial charge is 0.320 e. The first kappa shape index (κ1) is 10.9. The Bertz CT molecular complexity index is 170. The van der Waals surface area contributed by atoms with Gasteiger partial charge in [0.15, 0.2) is 0 Å². The van der Waals surface area contributed by atoms with Gasteiger partial charge in [0.2, 0.25) is 5.91 Å². The van der Waals surface area contributed by atoms with Gasteiger partial charge in [-0.05, 0) is 13.0 Å². The fourth-order valence-electron chi connectivity index (χ4n) is 0.846. The van der Waals surface area contributed by atoms with E-state index in [0.29, 0.717) is 6.54 Å². The molecule has 5 nitrogen and oxygen atoms in total. The van der Waals surface area contributed by atoms with Gasteiger partial charge in [0.05, 0.1) is 0 Å². The lowest BCUT2D eigenvalue weighted by atomic mass is 10.1. The van der Waals surface area contributed by atoms with Crippen molar-refractivity contribution in [3.8, 4) is 0 Å². The highest BCUT2D eigenvalue weighted by molar-refractivity contribution is 5.77. The zero-order valence-electron chi connectivity index (χ0n) is 7.04. The number of rotatable bonds is 6. The molecule has 5 heteroatoms. The maximum atomic E-state index is 10.5. The lowest BCUT2D eigenvalue weighted by Gasteiger charge is -2.10. The Balaban J connectivity index is 3.79. The fraction of sp³-hybridized carbons (Fsp3) is 0.714. The molecule has 12 heavy (non-hydrogen) atoms. The van der Waals surface area contributed by atoms with Gasteiger partial charge in [0.25, 0.3) is 0 Å². The van der Waals surface area contributed by atoms with Gasteiger partial charge < -0.3 is 16.2 Å². The number of amides is 1. The maximum absolute atomic E-state index is 10.5. The van der Waals surface area contributed by atoms with E-state index in [1.54, 1.807) is 6.92 Å². The number of carbonyl (C=O) groups is 2. The minimum atomic E-state index is -0.946. The normalized spacial score (nSPS) is 12.4. The average Bonchev–Trinajstić information content (AvgIpc) is 1.96. The van der Waals surface area contributed by atoms with Crippen LogP contribution in [0.1, 0.15) is 19.8 Å². The highest BCUT2D eigenvalue weighted by Gasteiger charge is 2.15. The van der Waals surface area contributed by atoms with E-state index in [1.807, 2.05) is 0 Å². The molecule has 0 heterocycles. The lowest BCUT2D eigenvalue weighted by Crippen LogP contribution is -2.37. The van der Waals surface area contributed by atoms with Gasteiger partial charge in [0, 0.05) is 6.42 Å². The summed E-state index contributed by atoms with van der Waals surface area (Å²) in [6, 6.07) is -0.664. The first-order valence-electron chi connectivity index (χ1n) is 3.82. The van der Waals surface area contributed by atoms with Crippen LogP contribution in [0.3, 0.4) is 0 Å². The number of nitrogens with two attached hydrogens (primary N) is 1. The Hall–Kier alpha value is -1.10. The largest absolute Gasteiger partial charge is 0.480 e. The molecule has 0 aliphatic carbocycles. The number of carbonyl (C=O) groups excluding carboxylic acids is 1. The van der Waals surface area contributed by atoms with E-state index >= 15 is 0 Å². The van der Waals surface area contributed by atoms with E-state index in [-0.39, 0.29) is 12.8 Å². The van der Waals surface area contributed by atoms with Gasteiger partial charge >= 0.3 is 5.97 Å². The summed E-state index contributed by atoms with van der Waals surface area (Å²) < 4.78 is 0. The van der Waals surface area contributed by atoms with Crippen LogP contribution in [0.2, 0.25) is 0 Å². The van der Waals surface area contributed by atoms with Crippen molar-refractivity contribution in [2.45, 2.75) is 25.8 Å². The Kier molecular flexibility index (Phi) is 5.03. The van der Waals surface area contributed by atoms with Crippen LogP contribution in [-0.4, -0.2) is 29.6 Å². The summed E-state index contributed by atoms with van der Waals surface area (Å²) >= 11 is 0. The van der Waals surface area contributed by atoms with Gasteiger partial charge in [-0.15, -0.1) is 0 Å². The molecule has 1 amide bonds. The fourth-order valence-corrected chi connectivity index (χ4v) is 0.846. The van der Waals surface area contributed by atoms with Crippen LogP contribution < -0.4 is 11.1 Å². The van der Waals surface area contributed by atoms with Gasteiger partial charge in [-0.25, -0.2) is 0 Å². The number of likely N-dealkylation sites (N-methyl/N-ethyl adjacent to an activating group) is 1. The lowest BCUT2D eigenvalue weighted by molar-refractivity contribution is -0.139. The number of primary amides is 1. The molecule has 0 saturated heterocycles. The Morgan fingerprint density at radius 2 is 2.17 bits per heavy atom. The number of nitrogens with one attached hydrogen (secondary N) is 1. The maximum Gasteiger partial charge on any atom is 0.320 e. The predicted octanol–water partition coefficient (Wildman–Crippen LogP) is -0.685. The molecular formula is C7H14N2O3. The second-order valence-electron chi connectivity index (χ2n) is 2.45. The van der Waals surface area contributed by atoms with E-state index in [2.05, 4.69) is 5.32 Å². The second-order valence-corrected chi connectivity index (χ2v) is 2.45. The second kappa shape index (κ2) is 5.54. The van der Waals surface area contributed by atoms with Crippen molar-refractivity contribution in [1.29, 1.82) is 0 Å². The van der Waals surface area contributed by atoms with Crippen LogP contribution in [0, 0.1) is 0 Å². The monoisotopic (exact) mass is 174 g/mol. The van der Waals surface area contributed by atoms with Crippen molar-refractivity contribution in [2.24, 2.45) is 5.73 Å². The quantitative estimate of drug-likeness (QED) is 0.497. The van der Waals surface area contributed by atoms with Crippen LogP contribution >= 0.6 is 0 Å². The van der Waals surface area contributed by atoms with Crippen molar-refractivity contribution < 1.29 is 14.7 Å². The minimum absolute atomic E-state index is 0.101. The first-order valence-corrected chi connectivity index (χ1v) is 3.82. The summed E-state index contributed by atoms with van der Waals surface area (Å²) in [4.78, 5) is 20.8. The number of hydrogen-bond donors (Lipinski definition) is 3. The zero-order valence-corrected chi connectivity index (χ0v) is 7.04. The summed E-state index contributed by atoms with van der Waals surface area (Å²) in [5.74, 6) is -1.42. The number of aliphatic carboxylic acids is 1. The molecule has 0 bridgehead atoms. The molecule has 0 aliphatic rings. The molecule has 0 aromatic rings. The third kappa shape index (κ3) is 4.68. The van der Waals surface area contributed by atoms with Crippen molar-refractivity contribution in [1.82, 2.24) is 5.32 Å². The summed E-state index contributed by atoms with van der Waals surface area (Å²) in [6.45, 7) is 2.37. The van der Waals surface area contributed by atoms with E-state index in [4.69, 9.17) is 10.8 Å². The third-order valence-corrected chi connectivity index (χ3v) is 1.43. The Morgan fingerprint density at radius 3 is 2.50 bits per heavy atom. The molecule has 0 aromatic carbocycles. The molecule has 1 unspecified atom stereocenters. The highest BCUT2D eigenvalue weighted by atomic mass is 16.4. The molecule has 4 N–H and O–H groups in total. The molecule has 0 radical (unpaired) electrons. The molecule has 0 rings (SSSR count). The Labute approximate surface area is 70.9 Å². The molecule has 1 atom stereocenters. The number of hydrogen-bond acceptors (Lipinski definition) is 3. The van der Waals surface area contributed by atoms with Gasteiger partial charge in [-0.2, -0.15) is 0 Å². The number of carboxylic acids is 1. The van der Waals surface area contributed by atoms with Crippen LogP contribution in [0.15, 0.2) is 0 Å². The predicted molar refractivity (Wildman–Crippen MR) is 43.5 cm³/mol. The molecular weight excluding hydrogens is 160 g/mol. The van der Waals surface area contributed by atoms with Gasteiger partial charge in [0.1, 0.15) is 6.04 Å². The van der Waals surface area contributed by atoms with E-state index < -0.39 is 17.9 Å². The van der Waals surface area contributed by atoms with Crippen molar-refractivity contribution in [3.63, 3.8) is 0 Å².